The van der Waals surface area contributed by atoms with Crippen LogP contribution in [0.5, 0.6) is 0 Å². The fourth-order valence-corrected chi connectivity index (χ4v) is 4.58. The Labute approximate surface area is 244 Å². The molecule has 0 radical (unpaired) electrons. The minimum atomic E-state index is -0.390. The number of rotatable bonds is 10. The average Bonchev–Trinajstić information content (AvgIpc) is 3.00. The molecule has 41 heavy (non-hydrogen) atoms. The van der Waals surface area contributed by atoms with Gasteiger partial charge in [0.2, 0.25) is 0 Å². The van der Waals surface area contributed by atoms with E-state index in [1.54, 1.807) is 48.2 Å². The van der Waals surface area contributed by atoms with Gasteiger partial charge in [-0.2, -0.15) is 0 Å². The van der Waals surface area contributed by atoms with E-state index in [1.807, 2.05) is 36.4 Å². The van der Waals surface area contributed by atoms with E-state index >= 15 is 0 Å². The number of piperazine rings is 1. The summed E-state index contributed by atoms with van der Waals surface area (Å²) < 4.78 is 16.1. The van der Waals surface area contributed by atoms with E-state index in [9.17, 15) is 14.4 Å². The van der Waals surface area contributed by atoms with Gasteiger partial charge >= 0.3 is 18.0 Å². The summed E-state index contributed by atoms with van der Waals surface area (Å²) in [7, 11) is 1.36. The minimum absolute atomic E-state index is 0.186. The first-order valence-corrected chi connectivity index (χ1v) is 13.8. The number of ether oxygens (including phenoxy) is 3. The molecule has 0 bridgehead atoms. The number of benzene rings is 3. The topological polar surface area (TPSA) is 97.4 Å². The van der Waals surface area contributed by atoms with Crippen molar-refractivity contribution in [2.75, 3.05) is 51.8 Å². The highest BCUT2D eigenvalue weighted by Gasteiger charge is 2.24. The van der Waals surface area contributed by atoms with Gasteiger partial charge in [-0.25, -0.2) is 14.4 Å². The summed E-state index contributed by atoms with van der Waals surface area (Å²) in [6, 6.07) is 21.2. The molecule has 1 fully saturated rings. The highest BCUT2D eigenvalue weighted by Crippen LogP contribution is 2.24. The fourth-order valence-electron chi connectivity index (χ4n) is 4.46. The van der Waals surface area contributed by atoms with Crippen LogP contribution in [0.15, 0.2) is 72.8 Å². The van der Waals surface area contributed by atoms with E-state index in [-0.39, 0.29) is 24.1 Å². The van der Waals surface area contributed by atoms with Crippen molar-refractivity contribution in [1.29, 1.82) is 0 Å². The average molecular weight is 580 g/mol. The maximum absolute atomic E-state index is 12.9. The number of methoxy groups -OCH3 is 1. The molecule has 1 aliphatic rings. The molecule has 4 rings (SSSR count). The van der Waals surface area contributed by atoms with Crippen LogP contribution in [0.3, 0.4) is 0 Å². The number of nitrogens with one attached hydrogen (secondary N) is 1. The second-order valence-electron chi connectivity index (χ2n) is 9.56. The van der Waals surface area contributed by atoms with Crippen LogP contribution in [0.1, 0.15) is 44.9 Å². The van der Waals surface area contributed by atoms with Gasteiger partial charge in [-0.15, -0.1) is 0 Å². The zero-order chi connectivity index (χ0) is 29.2. The van der Waals surface area contributed by atoms with Gasteiger partial charge in [-0.05, 0) is 66.6 Å². The summed E-state index contributed by atoms with van der Waals surface area (Å²) in [6.45, 7) is 5.59. The predicted octanol–water partition coefficient (Wildman–Crippen LogP) is 5.41. The molecule has 0 aromatic heterocycles. The number of nitrogens with zero attached hydrogens (tertiary/aromatic N) is 2. The lowest BCUT2D eigenvalue weighted by Crippen LogP contribution is -2.50. The van der Waals surface area contributed by atoms with Crippen molar-refractivity contribution in [3.8, 4) is 0 Å². The van der Waals surface area contributed by atoms with Gasteiger partial charge in [-0.1, -0.05) is 35.9 Å². The van der Waals surface area contributed by atoms with Crippen molar-refractivity contribution in [3.05, 3.63) is 100 Å². The molecule has 0 aliphatic carbocycles. The van der Waals surface area contributed by atoms with Crippen LogP contribution >= 0.6 is 11.6 Å². The number of carbonyl (C=O) groups is 3. The highest BCUT2D eigenvalue weighted by molar-refractivity contribution is 6.30. The molecule has 2 amide bonds. The van der Waals surface area contributed by atoms with Gasteiger partial charge in [0.1, 0.15) is 0 Å². The molecule has 1 atom stereocenters. The largest absolute Gasteiger partial charge is 0.465 e. The maximum Gasteiger partial charge on any atom is 0.338 e. The SMILES string of the molecule is CCOC(=O)c1ccc(NC(=O)N2CCN(CC(OCc3ccc(C(=O)OC)cc3)c3ccc(Cl)cc3)CC2)cc1. The van der Waals surface area contributed by atoms with Crippen molar-refractivity contribution in [1.82, 2.24) is 9.80 Å². The maximum atomic E-state index is 12.9. The Kier molecular flexibility index (Phi) is 10.7. The van der Waals surface area contributed by atoms with Gasteiger partial charge in [0.15, 0.2) is 0 Å². The third kappa shape index (κ3) is 8.53. The zero-order valence-electron chi connectivity index (χ0n) is 23.2. The number of anilines is 1. The Balaban J connectivity index is 1.31. The van der Waals surface area contributed by atoms with Crippen LogP contribution in [0.2, 0.25) is 5.02 Å². The van der Waals surface area contributed by atoms with Gasteiger partial charge in [0.25, 0.3) is 0 Å². The molecule has 3 aromatic rings. The van der Waals surface area contributed by atoms with Crippen molar-refractivity contribution in [2.45, 2.75) is 19.6 Å². The summed E-state index contributed by atoms with van der Waals surface area (Å²) in [5, 5.41) is 3.55. The lowest BCUT2D eigenvalue weighted by Gasteiger charge is -2.36. The minimum Gasteiger partial charge on any atom is -0.465 e. The first-order chi connectivity index (χ1) is 19.9. The molecule has 1 unspecified atom stereocenters. The van der Waals surface area contributed by atoms with E-state index < -0.39 is 0 Å². The van der Waals surface area contributed by atoms with Crippen LogP contribution in [0, 0.1) is 0 Å². The van der Waals surface area contributed by atoms with Gasteiger partial charge in [-0.3, -0.25) is 4.90 Å². The molecule has 0 saturated carbocycles. The number of halogens is 1. The van der Waals surface area contributed by atoms with E-state index in [4.69, 9.17) is 25.8 Å². The summed E-state index contributed by atoms with van der Waals surface area (Å²) in [6.07, 6.45) is -0.217. The quantitative estimate of drug-likeness (QED) is 0.321. The van der Waals surface area contributed by atoms with Crippen LogP contribution in [0.4, 0.5) is 10.5 Å². The van der Waals surface area contributed by atoms with Crippen molar-refractivity contribution in [2.24, 2.45) is 0 Å². The second kappa shape index (κ2) is 14.6. The molecular formula is C31H34ClN3O6. The number of carbonyl (C=O) groups excluding carboxylic acids is 3. The van der Waals surface area contributed by atoms with Crippen LogP contribution in [-0.2, 0) is 20.8 Å². The Bertz CT molecular complexity index is 1310. The summed E-state index contributed by atoms with van der Waals surface area (Å²) in [4.78, 5) is 40.5. The molecule has 10 heteroatoms. The third-order valence-electron chi connectivity index (χ3n) is 6.80. The first kappa shape index (κ1) is 30.0. The summed E-state index contributed by atoms with van der Waals surface area (Å²) >= 11 is 6.12. The van der Waals surface area contributed by atoms with Gasteiger partial charge in [0, 0.05) is 43.4 Å². The molecular weight excluding hydrogens is 546 g/mol. The van der Waals surface area contributed by atoms with E-state index in [2.05, 4.69) is 10.2 Å². The van der Waals surface area contributed by atoms with Crippen LogP contribution in [-0.4, -0.2) is 74.2 Å². The predicted molar refractivity (Wildman–Crippen MR) is 156 cm³/mol. The normalized spacial score (nSPS) is 14.3. The number of hydrogen-bond acceptors (Lipinski definition) is 7. The molecule has 1 heterocycles. The summed E-state index contributed by atoms with van der Waals surface area (Å²) in [5.74, 6) is -0.768. The Hall–Kier alpha value is -3.92. The molecule has 1 saturated heterocycles. The lowest BCUT2D eigenvalue weighted by molar-refractivity contribution is 0.00592. The zero-order valence-corrected chi connectivity index (χ0v) is 23.9. The number of amides is 2. The first-order valence-electron chi connectivity index (χ1n) is 13.5. The van der Waals surface area contributed by atoms with Crippen molar-refractivity contribution < 1.29 is 28.6 Å². The molecule has 1 aliphatic heterocycles. The van der Waals surface area contributed by atoms with E-state index in [1.165, 1.54) is 7.11 Å². The number of esters is 2. The number of urea groups is 1. The third-order valence-corrected chi connectivity index (χ3v) is 7.05. The standard InChI is InChI=1S/C31H34ClN3O6/c1-3-40-30(37)25-10-14-27(15-11-25)33-31(38)35-18-16-34(17-19-35)20-28(23-8-12-26(32)13-9-23)41-21-22-4-6-24(7-5-22)29(36)39-2/h4-15,28H,3,16-21H2,1-2H3,(H,33,38). The Morgan fingerprint density at radius 2 is 1.46 bits per heavy atom. The molecule has 1 N–H and O–H groups in total. The van der Waals surface area contributed by atoms with Gasteiger partial charge < -0.3 is 24.4 Å². The van der Waals surface area contributed by atoms with Crippen LogP contribution in [0.25, 0.3) is 0 Å². The molecule has 0 spiro atoms. The van der Waals surface area contributed by atoms with Crippen molar-refractivity contribution in [3.63, 3.8) is 0 Å². The monoisotopic (exact) mass is 579 g/mol. The molecule has 9 nitrogen and oxygen atoms in total. The Morgan fingerprint density at radius 3 is 2.07 bits per heavy atom. The highest BCUT2D eigenvalue weighted by atomic mass is 35.5. The van der Waals surface area contributed by atoms with E-state index in [0.29, 0.717) is 67.8 Å². The Morgan fingerprint density at radius 1 is 0.854 bits per heavy atom. The second-order valence-corrected chi connectivity index (χ2v) is 9.99. The van der Waals surface area contributed by atoms with Crippen LogP contribution < -0.4 is 5.32 Å². The fraction of sp³-hybridized carbons (Fsp3) is 0.323. The van der Waals surface area contributed by atoms with E-state index in [0.717, 1.165) is 11.1 Å². The molecule has 216 valence electrons. The summed E-state index contributed by atoms with van der Waals surface area (Å²) in [5.41, 5.74) is 3.48. The lowest BCUT2D eigenvalue weighted by atomic mass is 10.1. The number of hydrogen-bond donors (Lipinski definition) is 1. The molecule has 3 aromatic carbocycles. The van der Waals surface area contributed by atoms with Gasteiger partial charge in [0.05, 0.1) is 37.6 Å². The smallest absolute Gasteiger partial charge is 0.338 e. The van der Waals surface area contributed by atoms with Crippen molar-refractivity contribution >= 4 is 35.3 Å².